The summed E-state index contributed by atoms with van der Waals surface area (Å²) in [5.41, 5.74) is 7.17. The topological polar surface area (TPSA) is 55.1 Å². The van der Waals surface area contributed by atoms with Crippen molar-refractivity contribution < 1.29 is 9.18 Å². The molecule has 0 aliphatic rings. The summed E-state index contributed by atoms with van der Waals surface area (Å²) in [7, 11) is 0. The number of nitrogen functional groups attached to an aromatic ring is 1. The molecule has 0 fully saturated rings. The molecule has 0 unspecified atom stereocenters. The van der Waals surface area contributed by atoms with Crippen molar-refractivity contribution >= 4 is 49.1 Å². The Kier molecular flexibility index (Phi) is 4.21. The second kappa shape index (κ2) is 5.71. The summed E-state index contributed by atoms with van der Waals surface area (Å²) in [5.74, 6) is -0.745. The molecule has 6 heteroatoms. The van der Waals surface area contributed by atoms with Gasteiger partial charge in [-0.05, 0) is 68.3 Å². The number of halogens is 3. The molecule has 2 aromatic rings. The van der Waals surface area contributed by atoms with Crippen molar-refractivity contribution in [2.24, 2.45) is 0 Å². The van der Waals surface area contributed by atoms with Crippen LogP contribution in [0.4, 0.5) is 15.8 Å². The van der Waals surface area contributed by atoms with Crippen LogP contribution in [0.3, 0.4) is 0 Å². The summed E-state index contributed by atoms with van der Waals surface area (Å²) >= 11 is 6.43. The molecule has 2 aromatic carbocycles. The molecule has 0 heterocycles. The van der Waals surface area contributed by atoms with Crippen molar-refractivity contribution in [3.05, 3.63) is 56.7 Å². The molecule has 0 aliphatic heterocycles. The second-order valence-electron chi connectivity index (χ2n) is 3.81. The van der Waals surface area contributed by atoms with Crippen molar-refractivity contribution in [2.75, 3.05) is 11.1 Å². The SMILES string of the molecule is Nc1cc(NC(=O)c2ccc(F)cc2Br)ccc1Br. The third kappa shape index (κ3) is 3.33. The maximum absolute atomic E-state index is 13.0. The van der Waals surface area contributed by atoms with E-state index in [1.807, 2.05) is 0 Å². The van der Waals surface area contributed by atoms with Crippen LogP contribution in [0.15, 0.2) is 45.3 Å². The van der Waals surface area contributed by atoms with Gasteiger partial charge in [-0.15, -0.1) is 0 Å². The van der Waals surface area contributed by atoms with Crippen molar-refractivity contribution in [1.82, 2.24) is 0 Å². The average molecular weight is 388 g/mol. The van der Waals surface area contributed by atoms with E-state index in [9.17, 15) is 9.18 Å². The number of nitrogens with one attached hydrogen (secondary N) is 1. The first kappa shape index (κ1) is 14.0. The molecular formula is C13H9Br2FN2O. The fourth-order valence-electron chi connectivity index (χ4n) is 1.49. The van der Waals surface area contributed by atoms with Gasteiger partial charge in [0.15, 0.2) is 0 Å². The van der Waals surface area contributed by atoms with Crippen LogP contribution in [0.2, 0.25) is 0 Å². The molecule has 0 radical (unpaired) electrons. The standard InChI is InChI=1S/C13H9Br2FN2O/c14-10-4-2-8(6-12(10)17)18-13(19)9-3-1-7(16)5-11(9)15/h1-6H,17H2,(H,18,19). The number of hydrogen-bond acceptors (Lipinski definition) is 2. The first-order chi connectivity index (χ1) is 8.97. The Bertz CT molecular complexity index is 647. The number of carbonyl (C=O) groups excluding carboxylic acids is 1. The summed E-state index contributed by atoms with van der Waals surface area (Å²) in [6.07, 6.45) is 0. The molecule has 0 aliphatic carbocycles. The van der Waals surface area contributed by atoms with Crippen LogP contribution in [-0.2, 0) is 0 Å². The first-order valence-electron chi connectivity index (χ1n) is 5.29. The lowest BCUT2D eigenvalue weighted by Crippen LogP contribution is -2.12. The molecule has 0 spiro atoms. The summed E-state index contributed by atoms with van der Waals surface area (Å²) in [4.78, 5) is 12.0. The predicted molar refractivity (Wildman–Crippen MR) is 80.6 cm³/mol. The highest BCUT2D eigenvalue weighted by Crippen LogP contribution is 2.24. The van der Waals surface area contributed by atoms with Crippen LogP contribution in [0.5, 0.6) is 0 Å². The molecule has 0 saturated heterocycles. The largest absolute Gasteiger partial charge is 0.398 e. The van der Waals surface area contributed by atoms with Gasteiger partial charge in [0.25, 0.3) is 5.91 Å². The predicted octanol–water partition coefficient (Wildman–Crippen LogP) is 4.19. The van der Waals surface area contributed by atoms with Crippen LogP contribution in [-0.4, -0.2) is 5.91 Å². The van der Waals surface area contributed by atoms with Gasteiger partial charge in [0, 0.05) is 20.3 Å². The quantitative estimate of drug-likeness (QED) is 0.759. The van der Waals surface area contributed by atoms with Crippen LogP contribution in [0.25, 0.3) is 0 Å². The van der Waals surface area contributed by atoms with E-state index >= 15 is 0 Å². The maximum Gasteiger partial charge on any atom is 0.256 e. The van der Waals surface area contributed by atoms with Gasteiger partial charge in [-0.25, -0.2) is 4.39 Å². The number of amides is 1. The van der Waals surface area contributed by atoms with Crippen molar-refractivity contribution in [3.63, 3.8) is 0 Å². The minimum Gasteiger partial charge on any atom is -0.398 e. The third-order valence-electron chi connectivity index (χ3n) is 2.43. The number of rotatable bonds is 2. The Balaban J connectivity index is 2.23. The zero-order chi connectivity index (χ0) is 14.0. The maximum atomic E-state index is 13.0. The first-order valence-corrected chi connectivity index (χ1v) is 6.87. The number of benzene rings is 2. The van der Waals surface area contributed by atoms with E-state index in [4.69, 9.17) is 5.73 Å². The average Bonchev–Trinajstić information content (AvgIpc) is 2.33. The summed E-state index contributed by atoms with van der Waals surface area (Å²) in [6.45, 7) is 0. The number of nitrogens with two attached hydrogens (primary N) is 1. The van der Waals surface area contributed by atoms with Crippen LogP contribution < -0.4 is 11.1 Å². The second-order valence-corrected chi connectivity index (χ2v) is 5.52. The van der Waals surface area contributed by atoms with E-state index in [-0.39, 0.29) is 5.91 Å². The molecule has 2 rings (SSSR count). The highest BCUT2D eigenvalue weighted by Gasteiger charge is 2.11. The third-order valence-corrected chi connectivity index (χ3v) is 3.81. The van der Waals surface area contributed by atoms with E-state index in [2.05, 4.69) is 37.2 Å². The van der Waals surface area contributed by atoms with E-state index < -0.39 is 5.82 Å². The van der Waals surface area contributed by atoms with Gasteiger partial charge < -0.3 is 11.1 Å². The summed E-state index contributed by atoms with van der Waals surface area (Å²) in [5, 5.41) is 2.69. The minimum atomic E-state index is -0.406. The van der Waals surface area contributed by atoms with Crippen LogP contribution in [0.1, 0.15) is 10.4 Å². The number of hydrogen-bond donors (Lipinski definition) is 2. The molecule has 0 saturated carbocycles. The van der Waals surface area contributed by atoms with Crippen molar-refractivity contribution in [3.8, 4) is 0 Å². The lowest BCUT2D eigenvalue weighted by Gasteiger charge is -2.08. The van der Waals surface area contributed by atoms with Gasteiger partial charge in [-0.2, -0.15) is 0 Å². The van der Waals surface area contributed by atoms with Crippen molar-refractivity contribution in [2.45, 2.75) is 0 Å². The van der Waals surface area contributed by atoms with Crippen molar-refractivity contribution in [1.29, 1.82) is 0 Å². The monoisotopic (exact) mass is 386 g/mol. The molecule has 0 aromatic heterocycles. The highest BCUT2D eigenvalue weighted by molar-refractivity contribution is 9.11. The molecular weight excluding hydrogens is 379 g/mol. The number of anilines is 2. The Morgan fingerprint density at radius 1 is 1.11 bits per heavy atom. The molecule has 1 amide bonds. The Morgan fingerprint density at radius 2 is 1.84 bits per heavy atom. The minimum absolute atomic E-state index is 0.339. The fraction of sp³-hybridized carbons (Fsp3) is 0. The van der Waals surface area contributed by atoms with Gasteiger partial charge in [0.2, 0.25) is 0 Å². The van der Waals surface area contributed by atoms with E-state index in [1.165, 1.54) is 18.2 Å². The molecule has 0 atom stereocenters. The van der Waals surface area contributed by atoms with Gasteiger partial charge in [0.1, 0.15) is 5.82 Å². The summed E-state index contributed by atoms with van der Waals surface area (Å²) < 4.78 is 14.1. The highest BCUT2D eigenvalue weighted by atomic mass is 79.9. The molecule has 98 valence electrons. The summed E-state index contributed by atoms with van der Waals surface area (Å²) in [6, 6.07) is 8.98. The lowest BCUT2D eigenvalue weighted by atomic mass is 10.2. The van der Waals surface area contributed by atoms with Crippen LogP contribution in [0, 0.1) is 5.82 Å². The Hall–Kier alpha value is -1.40. The number of carbonyl (C=O) groups is 1. The van der Waals surface area contributed by atoms with E-state index in [1.54, 1.807) is 18.2 Å². The Labute approximate surface area is 126 Å². The fourth-order valence-corrected chi connectivity index (χ4v) is 2.27. The van der Waals surface area contributed by atoms with Gasteiger partial charge in [-0.3, -0.25) is 4.79 Å². The van der Waals surface area contributed by atoms with Gasteiger partial charge >= 0.3 is 0 Å². The van der Waals surface area contributed by atoms with E-state index in [0.29, 0.717) is 21.4 Å². The molecule has 3 N–H and O–H groups in total. The van der Waals surface area contributed by atoms with E-state index in [0.717, 1.165) is 4.47 Å². The normalized spacial score (nSPS) is 10.3. The molecule has 0 bridgehead atoms. The van der Waals surface area contributed by atoms with Gasteiger partial charge in [-0.1, -0.05) is 0 Å². The lowest BCUT2D eigenvalue weighted by molar-refractivity contribution is 0.102. The van der Waals surface area contributed by atoms with Gasteiger partial charge in [0.05, 0.1) is 5.56 Å². The smallest absolute Gasteiger partial charge is 0.256 e. The van der Waals surface area contributed by atoms with Crippen LogP contribution >= 0.6 is 31.9 Å². The zero-order valence-electron chi connectivity index (χ0n) is 9.58. The Morgan fingerprint density at radius 3 is 2.47 bits per heavy atom. The molecule has 19 heavy (non-hydrogen) atoms. The zero-order valence-corrected chi connectivity index (χ0v) is 12.8. The molecule has 3 nitrogen and oxygen atoms in total.